The Labute approximate surface area is 114 Å². The van der Waals surface area contributed by atoms with Crippen molar-refractivity contribution in [2.45, 2.75) is 30.4 Å². The molecule has 1 fully saturated rings. The summed E-state index contributed by atoms with van der Waals surface area (Å²) in [4.78, 5) is 0.316. The summed E-state index contributed by atoms with van der Waals surface area (Å²) in [6.45, 7) is 1.35. The van der Waals surface area contributed by atoms with E-state index < -0.39 is 10.0 Å². The van der Waals surface area contributed by atoms with Crippen LogP contribution < -0.4 is 5.73 Å². The van der Waals surface area contributed by atoms with Crippen molar-refractivity contribution in [2.75, 3.05) is 20.2 Å². The fourth-order valence-corrected chi connectivity index (χ4v) is 3.91. The number of nitrogens with two attached hydrogens (primary N) is 1. The molecule has 1 aliphatic heterocycles. The number of methoxy groups -OCH3 is 1. The second kappa shape index (κ2) is 6.00. The van der Waals surface area contributed by atoms with Crippen molar-refractivity contribution >= 4 is 10.0 Å². The Morgan fingerprint density at radius 2 is 2.26 bits per heavy atom. The molecule has 0 amide bonds. The van der Waals surface area contributed by atoms with Gasteiger partial charge in [-0.1, -0.05) is 12.1 Å². The number of nitrogens with zero attached hydrogens (tertiary/aromatic N) is 1. The van der Waals surface area contributed by atoms with Crippen molar-refractivity contribution in [3.05, 3.63) is 29.8 Å². The molecule has 2 N–H and O–H groups in total. The fraction of sp³-hybridized carbons (Fsp3) is 0.538. The number of hydrogen-bond donors (Lipinski definition) is 1. The first-order valence-electron chi connectivity index (χ1n) is 6.37. The van der Waals surface area contributed by atoms with Gasteiger partial charge in [-0.25, -0.2) is 8.42 Å². The monoisotopic (exact) mass is 284 g/mol. The summed E-state index contributed by atoms with van der Waals surface area (Å²) in [5, 5.41) is 0. The molecule has 1 unspecified atom stereocenters. The molecule has 1 aromatic carbocycles. The lowest BCUT2D eigenvalue weighted by Crippen LogP contribution is -2.45. The second-order valence-electron chi connectivity index (χ2n) is 4.85. The van der Waals surface area contributed by atoms with Crippen molar-refractivity contribution in [2.24, 2.45) is 5.73 Å². The predicted molar refractivity (Wildman–Crippen MR) is 73.1 cm³/mol. The van der Waals surface area contributed by atoms with Crippen LogP contribution in [0.1, 0.15) is 18.4 Å². The normalized spacial score (nSPS) is 21.5. The smallest absolute Gasteiger partial charge is 0.243 e. The van der Waals surface area contributed by atoms with Gasteiger partial charge in [0.05, 0.1) is 11.5 Å². The fourth-order valence-electron chi connectivity index (χ4n) is 2.30. The van der Waals surface area contributed by atoms with Gasteiger partial charge in [0.25, 0.3) is 0 Å². The summed E-state index contributed by atoms with van der Waals surface area (Å²) in [7, 11) is -1.85. The minimum atomic E-state index is -3.44. The van der Waals surface area contributed by atoms with E-state index in [0.717, 1.165) is 18.4 Å². The third-order valence-electron chi connectivity index (χ3n) is 3.27. The van der Waals surface area contributed by atoms with Crippen molar-refractivity contribution < 1.29 is 13.2 Å². The molecule has 0 saturated carbocycles. The van der Waals surface area contributed by atoms with Gasteiger partial charge in [0.15, 0.2) is 0 Å². The van der Waals surface area contributed by atoms with Crippen LogP contribution >= 0.6 is 0 Å². The molecule has 19 heavy (non-hydrogen) atoms. The highest BCUT2D eigenvalue weighted by molar-refractivity contribution is 7.89. The maximum atomic E-state index is 12.5. The van der Waals surface area contributed by atoms with Gasteiger partial charge in [0.2, 0.25) is 10.0 Å². The Morgan fingerprint density at radius 1 is 1.47 bits per heavy atom. The minimum absolute atomic E-state index is 0.0642. The van der Waals surface area contributed by atoms with Crippen molar-refractivity contribution in [1.82, 2.24) is 4.31 Å². The molecule has 0 radical (unpaired) electrons. The lowest BCUT2D eigenvalue weighted by atomic mass is 10.1. The highest BCUT2D eigenvalue weighted by Crippen LogP contribution is 2.21. The van der Waals surface area contributed by atoms with Gasteiger partial charge in [-0.15, -0.1) is 0 Å². The zero-order chi connectivity index (χ0) is 13.9. The molecule has 1 atom stereocenters. The van der Waals surface area contributed by atoms with E-state index >= 15 is 0 Å². The zero-order valence-electron chi connectivity index (χ0n) is 11.1. The Hall–Kier alpha value is -0.950. The predicted octanol–water partition coefficient (Wildman–Crippen LogP) is 0.945. The first-order valence-corrected chi connectivity index (χ1v) is 7.81. The van der Waals surface area contributed by atoms with E-state index in [9.17, 15) is 8.42 Å². The first kappa shape index (κ1) is 14.5. The van der Waals surface area contributed by atoms with Crippen LogP contribution in [0.3, 0.4) is 0 Å². The number of sulfonamides is 1. The quantitative estimate of drug-likeness (QED) is 0.893. The number of rotatable bonds is 4. The molecule has 5 nitrogen and oxygen atoms in total. The second-order valence-corrected chi connectivity index (χ2v) is 6.78. The van der Waals surface area contributed by atoms with E-state index in [4.69, 9.17) is 10.5 Å². The Balaban J connectivity index is 2.25. The lowest BCUT2D eigenvalue weighted by molar-refractivity contribution is 0.184. The minimum Gasteiger partial charge on any atom is -0.380 e. The van der Waals surface area contributed by atoms with E-state index in [0.29, 0.717) is 24.6 Å². The molecule has 2 rings (SSSR count). The van der Waals surface area contributed by atoms with E-state index in [2.05, 4.69) is 0 Å². The van der Waals surface area contributed by atoms with Crippen molar-refractivity contribution in [1.29, 1.82) is 0 Å². The van der Waals surface area contributed by atoms with Crippen molar-refractivity contribution in [3.63, 3.8) is 0 Å². The van der Waals surface area contributed by atoms with E-state index in [1.807, 2.05) is 6.07 Å². The summed E-state index contributed by atoms with van der Waals surface area (Å²) < 4.78 is 31.5. The van der Waals surface area contributed by atoms with Gasteiger partial charge in [-0.05, 0) is 30.5 Å². The van der Waals surface area contributed by atoms with Crippen LogP contribution in [0.2, 0.25) is 0 Å². The van der Waals surface area contributed by atoms with Crippen LogP contribution in [0.4, 0.5) is 0 Å². The van der Waals surface area contributed by atoms with Crippen LogP contribution in [0.5, 0.6) is 0 Å². The third-order valence-corrected chi connectivity index (χ3v) is 5.13. The number of benzene rings is 1. The molecule has 1 heterocycles. The highest BCUT2D eigenvalue weighted by atomic mass is 32.2. The SMILES string of the molecule is COCc1cccc(S(=O)(=O)N2CCCC(N)C2)c1. The summed E-state index contributed by atoms with van der Waals surface area (Å²) in [5.74, 6) is 0. The van der Waals surface area contributed by atoms with Gasteiger partial charge in [0.1, 0.15) is 0 Å². The summed E-state index contributed by atoms with van der Waals surface area (Å²) in [6.07, 6.45) is 1.70. The van der Waals surface area contributed by atoms with E-state index in [1.54, 1.807) is 25.3 Å². The Morgan fingerprint density at radius 3 is 2.95 bits per heavy atom. The third kappa shape index (κ3) is 3.33. The lowest BCUT2D eigenvalue weighted by Gasteiger charge is -2.29. The largest absolute Gasteiger partial charge is 0.380 e. The molecule has 1 aromatic rings. The topological polar surface area (TPSA) is 72.6 Å². The standard InChI is InChI=1S/C13H20N2O3S/c1-18-10-11-4-2-6-13(8-11)19(16,17)15-7-3-5-12(14)9-15/h2,4,6,8,12H,3,5,7,9-10,14H2,1H3. The molecular weight excluding hydrogens is 264 g/mol. The average Bonchev–Trinajstić information content (AvgIpc) is 2.39. The summed E-state index contributed by atoms with van der Waals surface area (Å²) in [5.41, 5.74) is 6.70. The molecule has 0 aliphatic carbocycles. The van der Waals surface area contributed by atoms with Gasteiger partial charge in [-0.2, -0.15) is 4.31 Å². The Bertz CT molecular complexity index is 530. The molecule has 1 saturated heterocycles. The maximum Gasteiger partial charge on any atom is 0.243 e. The van der Waals surface area contributed by atoms with Gasteiger partial charge < -0.3 is 10.5 Å². The zero-order valence-corrected chi connectivity index (χ0v) is 11.9. The number of ether oxygens (including phenoxy) is 1. The van der Waals surface area contributed by atoms with Gasteiger partial charge >= 0.3 is 0 Å². The van der Waals surface area contributed by atoms with E-state index in [-0.39, 0.29) is 6.04 Å². The van der Waals surface area contributed by atoms with Crippen LogP contribution in [0.15, 0.2) is 29.2 Å². The maximum absolute atomic E-state index is 12.5. The molecule has 0 aromatic heterocycles. The molecule has 6 heteroatoms. The summed E-state index contributed by atoms with van der Waals surface area (Å²) in [6, 6.07) is 6.81. The van der Waals surface area contributed by atoms with Crippen LogP contribution in [0, 0.1) is 0 Å². The van der Waals surface area contributed by atoms with Crippen LogP contribution in [-0.2, 0) is 21.4 Å². The molecule has 0 spiro atoms. The van der Waals surface area contributed by atoms with Gasteiger partial charge in [-0.3, -0.25) is 0 Å². The van der Waals surface area contributed by atoms with E-state index in [1.165, 1.54) is 4.31 Å². The van der Waals surface area contributed by atoms with Crippen LogP contribution in [-0.4, -0.2) is 39.0 Å². The molecule has 106 valence electrons. The molecule has 0 bridgehead atoms. The highest BCUT2D eigenvalue weighted by Gasteiger charge is 2.28. The molecular formula is C13H20N2O3S. The number of hydrogen-bond acceptors (Lipinski definition) is 4. The number of piperidine rings is 1. The first-order chi connectivity index (χ1) is 9.04. The van der Waals surface area contributed by atoms with Crippen LogP contribution in [0.25, 0.3) is 0 Å². The molecule has 1 aliphatic rings. The Kier molecular flexibility index (Phi) is 4.57. The average molecular weight is 284 g/mol. The summed E-state index contributed by atoms with van der Waals surface area (Å²) >= 11 is 0. The van der Waals surface area contributed by atoms with Gasteiger partial charge in [0, 0.05) is 26.2 Å². The van der Waals surface area contributed by atoms with Crippen molar-refractivity contribution in [3.8, 4) is 0 Å².